The Bertz CT molecular complexity index is 210. The predicted octanol–water partition coefficient (Wildman–Crippen LogP) is -0.449. The average Bonchev–Trinajstić information content (AvgIpc) is 2.20. The zero-order valence-electron chi connectivity index (χ0n) is 9.92. The van der Waals surface area contributed by atoms with Gasteiger partial charge in [-0.1, -0.05) is 0 Å². The summed E-state index contributed by atoms with van der Waals surface area (Å²) in [4.78, 5) is 15.8. The first-order chi connectivity index (χ1) is 7.13. The van der Waals surface area contributed by atoms with Crippen molar-refractivity contribution in [3.05, 3.63) is 0 Å². The number of nitrogens with zero attached hydrogens (tertiary/aromatic N) is 2. The maximum absolute atomic E-state index is 11.2. The Hall–Kier alpha value is -0.810. The Labute approximate surface area is 91.8 Å². The number of nitrogens with one attached hydrogen (secondary N) is 2. The van der Waals surface area contributed by atoms with Crippen LogP contribution in [0.5, 0.6) is 0 Å². The Kier molecular flexibility index (Phi) is 4.84. The first kappa shape index (κ1) is 12.3. The Morgan fingerprint density at radius 1 is 1.33 bits per heavy atom. The molecule has 0 spiro atoms. The van der Waals surface area contributed by atoms with Crippen molar-refractivity contribution in [2.45, 2.75) is 13.0 Å². The van der Waals surface area contributed by atoms with Gasteiger partial charge in [-0.2, -0.15) is 0 Å². The highest BCUT2D eigenvalue weighted by Crippen LogP contribution is 2.04. The number of amides is 2. The highest BCUT2D eigenvalue weighted by Gasteiger charge is 2.22. The molecule has 0 aromatic rings. The minimum absolute atomic E-state index is 0.0703. The highest BCUT2D eigenvalue weighted by atomic mass is 16.2. The normalized spacial score (nSPS) is 23.8. The number of carbonyl (C=O) groups excluding carboxylic acids is 1. The topological polar surface area (TPSA) is 47.6 Å². The van der Waals surface area contributed by atoms with Crippen molar-refractivity contribution in [2.24, 2.45) is 0 Å². The minimum Gasteiger partial charge on any atom is -0.338 e. The van der Waals surface area contributed by atoms with Gasteiger partial charge in [-0.3, -0.25) is 4.90 Å². The Morgan fingerprint density at radius 2 is 2.07 bits per heavy atom. The molecule has 1 atom stereocenters. The summed E-state index contributed by atoms with van der Waals surface area (Å²) < 4.78 is 0. The number of urea groups is 1. The summed E-state index contributed by atoms with van der Waals surface area (Å²) in [5, 5.41) is 5.61. The van der Waals surface area contributed by atoms with Crippen molar-refractivity contribution >= 4 is 6.03 Å². The van der Waals surface area contributed by atoms with E-state index < -0.39 is 0 Å². The molecule has 1 aliphatic heterocycles. The Balaban J connectivity index is 2.27. The van der Waals surface area contributed by atoms with E-state index in [0.717, 1.165) is 19.6 Å². The summed E-state index contributed by atoms with van der Waals surface area (Å²) in [6.07, 6.45) is 0. The molecule has 15 heavy (non-hydrogen) atoms. The van der Waals surface area contributed by atoms with Crippen LogP contribution in [0.15, 0.2) is 0 Å². The minimum atomic E-state index is -0.0703. The first-order valence-electron chi connectivity index (χ1n) is 5.54. The van der Waals surface area contributed by atoms with Crippen LogP contribution < -0.4 is 10.6 Å². The van der Waals surface area contributed by atoms with E-state index in [9.17, 15) is 4.79 Å². The fourth-order valence-electron chi connectivity index (χ4n) is 1.76. The van der Waals surface area contributed by atoms with Crippen LogP contribution in [0.4, 0.5) is 4.79 Å². The zero-order valence-corrected chi connectivity index (χ0v) is 9.92. The van der Waals surface area contributed by atoms with Crippen molar-refractivity contribution in [2.75, 3.05) is 46.8 Å². The lowest BCUT2D eigenvalue weighted by molar-refractivity contribution is 0.114. The highest BCUT2D eigenvalue weighted by molar-refractivity contribution is 5.73. The molecule has 5 heteroatoms. The van der Waals surface area contributed by atoms with Crippen LogP contribution in [0.1, 0.15) is 6.92 Å². The fraction of sp³-hybridized carbons (Fsp3) is 0.900. The van der Waals surface area contributed by atoms with Gasteiger partial charge in [0.2, 0.25) is 0 Å². The van der Waals surface area contributed by atoms with E-state index in [4.69, 9.17) is 0 Å². The number of rotatable bonds is 3. The molecule has 1 saturated heterocycles. The molecule has 2 N–H and O–H groups in total. The van der Waals surface area contributed by atoms with Gasteiger partial charge in [-0.15, -0.1) is 0 Å². The second kappa shape index (κ2) is 5.92. The van der Waals surface area contributed by atoms with E-state index in [1.54, 1.807) is 0 Å². The van der Waals surface area contributed by atoms with Gasteiger partial charge in [0.15, 0.2) is 0 Å². The summed E-state index contributed by atoms with van der Waals surface area (Å²) in [5.74, 6) is 0. The lowest BCUT2D eigenvalue weighted by Gasteiger charge is -2.37. The standard InChI is InChI=1S/C10H22N4O/c1-4-11-10(15)12-7-9-8-13(2)5-6-14(9)3/h9H,4-8H2,1-3H3,(H2,11,12,15). The van der Waals surface area contributed by atoms with Gasteiger partial charge in [0.1, 0.15) is 0 Å². The second-order valence-corrected chi connectivity index (χ2v) is 4.14. The van der Waals surface area contributed by atoms with Crippen LogP contribution in [0.25, 0.3) is 0 Å². The van der Waals surface area contributed by atoms with E-state index in [2.05, 4.69) is 34.5 Å². The van der Waals surface area contributed by atoms with E-state index in [-0.39, 0.29) is 6.03 Å². The molecule has 1 unspecified atom stereocenters. The molecule has 1 aliphatic rings. The third-order valence-electron chi connectivity index (χ3n) is 2.82. The quantitative estimate of drug-likeness (QED) is 0.669. The largest absolute Gasteiger partial charge is 0.338 e. The lowest BCUT2D eigenvalue weighted by atomic mass is 10.2. The van der Waals surface area contributed by atoms with Gasteiger partial charge in [0.25, 0.3) is 0 Å². The molecule has 1 fully saturated rings. The van der Waals surface area contributed by atoms with Crippen LogP contribution in [-0.4, -0.2) is 68.7 Å². The van der Waals surface area contributed by atoms with Crippen LogP contribution >= 0.6 is 0 Å². The molecule has 1 rings (SSSR count). The third kappa shape index (κ3) is 4.05. The van der Waals surface area contributed by atoms with Crippen molar-refractivity contribution in [3.63, 3.8) is 0 Å². The van der Waals surface area contributed by atoms with Gasteiger partial charge in [0, 0.05) is 38.8 Å². The van der Waals surface area contributed by atoms with Gasteiger partial charge in [-0.25, -0.2) is 4.79 Å². The van der Waals surface area contributed by atoms with Crippen LogP contribution in [0.3, 0.4) is 0 Å². The maximum atomic E-state index is 11.2. The predicted molar refractivity (Wildman–Crippen MR) is 61.0 cm³/mol. The number of piperazine rings is 1. The SMILES string of the molecule is CCNC(=O)NCC1CN(C)CCN1C. The molecule has 0 aromatic heterocycles. The van der Waals surface area contributed by atoms with Crippen LogP contribution in [0.2, 0.25) is 0 Å². The number of hydrogen-bond acceptors (Lipinski definition) is 3. The van der Waals surface area contributed by atoms with E-state index in [1.165, 1.54) is 0 Å². The second-order valence-electron chi connectivity index (χ2n) is 4.14. The van der Waals surface area contributed by atoms with Gasteiger partial charge in [0.05, 0.1) is 0 Å². The zero-order chi connectivity index (χ0) is 11.3. The molecular weight excluding hydrogens is 192 g/mol. The van der Waals surface area contributed by atoms with Gasteiger partial charge < -0.3 is 15.5 Å². The van der Waals surface area contributed by atoms with Crippen LogP contribution in [-0.2, 0) is 0 Å². The molecule has 0 radical (unpaired) electrons. The summed E-state index contributed by atoms with van der Waals surface area (Å²) >= 11 is 0. The average molecular weight is 214 g/mol. The molecule has 1 heterocycles. The lowest BCUT2D eigenvalue weighted by Crippen LogP contribution is -2.55. The fourth-order valence-corrected chi connectivity index (χ4v) is 1.76. The third-order valence-corrected chi connectivity index (χ3v) is 2.82. The van der Waals surface area contributed by atoms with E-state index in [1.807, 2.05) is 6.92 Å². The molecule has 0 aromatic carbocycles. The summed E-state index contributed by atoms with van der Waals surface area (Å²) in [6.45, 7) is 6.49. The molecule has 5 nitrogen and oxygen atoms in total. The summed E-state index contributed by atoms with van der Waals surface area (Å²) in [7, 11) is 4.23. The first-order valence-corrected chi connectivity index (χ1v) is 5.54. The van der Waals surface area contributed by atoms with Crippen molar-refractivity contribution in [1.29, 1.82) is 0 Å². The van der Waals surface area contributed by atoms with E-state index >= 15 is 0 Å². The molecule has 88 valence electrons. The molecule has 0 aliphatic carbocycles. The maximum Gasteiger partial charge on any atom is 0.314 e. The number of likely N-dealkylation sites (N-methyl/N-ethyl adjacent to an activating group) is 2. The Morgan fingerprint density at radius 3 is 2.73 bits per heavy atom. The van der Waals surface area contributed by atoms with Crippen LogP contribution in [0, 0.1) is 0 Å². The van der Waals surface area contributed by atoms with Gasteiger partial charge in [-0.05, 0) is 21.0 Å². The monoisotopic (exact) mass is 214 g/mol. The molecule has 2 amide bonds. The molecule has 0 bridgehead atoms. The molecule has 0 saturated carbocycles. The van der Waals surface area contributed by atoms with Crippen molar-refractivity contribution in [1.82, 2.24) is 20.4 Å². The van der Waals surface area contributed by atoms with Crippen molar-refractivity contribution < 1.29 is 4.79 Å². The number of carbonyl (C=O) groups is 1. The van der Waals surface area contributed by atoms with Crippen molar-refractivity contribution in [3.8, 4) is 0 Å². The molecular formula is C10H22N4O. The number of hydrogen-bond donors (Lipinski definition) is 2. The van der Waals surface area contributed by atoms with E-state index in [0.29, 0.717) is 19.1 Å². The summed E-state index contributed by atoms with van der Waals surface area (Å²) in [5.41, 5.74) is 0. The van der Waals surface area contributed by atoms with Gasteiger partial charge >= 0.3 is 6.03 Å². The summed E-state index contributed by atoms with van der Waals surface area (Å²) in [6, 6.07) is 0.352. The smallest absolute Gasteiger partial charge is 0.314 e.